The lowest BCUT2D eigenvalue weighted by molar-refractivity contribution is -0.129. The molecule has 1 fully saturated rings. The van der Waals surface area contributed by atoms with E-state index in [1.807, 2.05) is 37.3 Å². The van der Waals surface area contributed by atoms with Crippen molar-refractivity contribution in [1.82, 2.24) is 10.6 Å². The maximum absolute atomic E-state index is 12.2. The highest BCUT2D eigenvalue weighted by atomic mass is 16.2. The zero-order valence-electron chi connectivity index (χ0n) is 13.3. The molecule has 2 rings (SSSR count). The Kier molecular flexibility index (Phi) is 6.44. The Morgan fingerprint density at radius 1 is 1.23 bits per heavy atom. The molecule has 1 aliphatic carbocycles. The average molecular weight is 302 g/mol. The molecule has 0 spiro atoms. The minimum absolute atomic E-state index is 0.0461. The Labute approximate surface area is 132 Å². The lowest BCUT2D eigenvalue weighted by Gasteiger charge is -2.26. The van der Waals surface area contributed by atoms with Crippen molar-refractivity contribution in [3.63, 3.8) is 0 Å². The van der Waals surface area contributed by atoms with Crippen LogP contribution in [0, 0.1) is 5.92 Å². The van der Waals surface area contributed by atoms with Crippen molar-refractivity contribution >= 4 is 11.8 Å². The molecule has 2 N–H and O–H groups in total. The van der Waals surface area contributed by atoms with Gasteiger partial charge in [0.15, 0.2) is 0 Å². The molecule has 0 heterocycles. The third-order valence-corrected chi connectivity index (χ3v) is 4.23. The van der Waals surface area contributed by atoms with Crippen molar-refractivity contribution in [3.8, 4) is 0 Å². The van der Waals surface area contributed by atoms with Gasteiger partial charge in [0.2, 0.25) is 11.8 Å². The lowest BCUT2D eigenvalue weighted by atomic mass is 9.85. The first-order chi connectivity index (χ1) is 10.7. The standard InChI is InChI=1S/C18H26N2O2/c1-2-7-16(18(22)19-13-15-10-6-11-15)20-17(21)12-14-8-4-3-5-9-14/h3-5,8-9,15-16H,2,6-7,10-13H2,1H3,(H,19,22)(H,20,21). The smallest absolute Gasteiger partial charge is 0.242 e. The van der Waals surface area contributed by atoms with E-state index in [0.717, 1.165) is 18.5 Å². The molecule has 0 aliphatic heterocycles. The minimum atomic E-state index is -0.415. The Morgan fingerprint density at radius 2 is 1.95 bits per heavy atom. The average Bonchev–Trinajstić information content (AvgIpc) is 2.46. The number of rotatable bonds is 8. The summed E-state index contributed by atoms with van der Waals surface area (Å²) in [6.07, 6.45) is 5.55. The van der Waals surface area contributed by atoms with Gasteiger partial charge >= 0.3 is 0 Å². The molecular formula is C18H26N2O2. The van der Waals surface area contributed by atoms with Crippen LogP contribution in [0.4, 0.5) is 0 Å². The Morgan fingerprint density at radius 3 is 2.55 bits per heavy atom. The fourth-order valence-corrected chi connectivity index (χ4v) is 2.65. The molecular weight excluding hydrogens is 276 g/mol. The second kappa shape index (κ2) is 8.57. The number of carbonyl (C=O) groups excluding carboxylic acids is 2. The van der Waals surface area contributed by atoms with Gasteiger partial charge < -0.3 is 10.6 Å². The largest absolute Gasteiger partial charge is 0.354 e. The van der Waals surface area contributed by atoms with Gasteiger partial charge in [-0.15, -0.1) is 0 Å². The van der Waals surface area contributed by atoms with Gasteiger partial charge in [-0.25, -0.2) is 0 Å². The summed E-state index contributed by atoms with van der Waals surface area (Å²) in [5.74, 6) is 0.491. The van der Waals surface area contributed by atoms with Crippen molar-refractivity contribution in [1.29, 1.82) is 0 Å². The maximum atomic E-state index is 12.2. The lowest BCUT2D eigenvalue weighted by Crippen LogP contribution is -2.48. The summed E-state index contributed by atoms with van der Waals surface area (Å²) in [5.41, 5.74) is 0.963. The van der Waals surface area contributed by atoms with Crippen molar-refractivity contribution in [3.05, 3.63) is 35.9 Å². The summed E-state index contributed by atoms with van der Waals surface area (Å²) in [6.45, 7) is 2.77. The third-order valence-electron chi connectivity index (χ3n) is 4.23. The van der Waals surface area contributed by atoms with Crippen molar-refractivity contribution in [2.24, 2.45) is 5.92 Å². The molecule has 4 nitrogen and oxygen atoms in total. The number of benzene rings is 1. The monoisotopic (exact) mass is 302 g/mol. The second-order valence-corrected chi connectivity index (χ2v) is 6.11. The first kappa shape index (κ1) is 16.5. The van der Waals surface area contributed by atoms with Gasteiger partial charge in [-0.1, -0.05) is 50.1 Å². The van der Waals surface area contributed by atoms with Crippen molar-refractivity contribution < 1.29 is 9.59 Å². The van der Waals surface area contributed by atoms with Crippen LogP contribution < -0.4 is 10.6 Å². The third kappa shape index (κ3) is 5.17. The maximum Gasteiger partial charge on any atom is 0.242 e. The molecule has 4 heteroatoms. The van der Waals surface area contributed by atoms with Crippen LogP contribution in [0.5, 0.6) is 0 Å². The normalized spacial score (nSPS) is 15.7. The first-order valence-electron chi connectivity index (χ1n) is 8.30. The van der Waals surface area contributed by atoms with Crippen molar-refractivity contribution in [2.75, 3.05) is 6.54 Å². The van der Waals surface area contributed by atoms with Crippen LogP contribution in [-0.2, 0) is 16.0 Å². The number of amides is 2. The molecule has 22 heavy (non-hydrogen) atoms. The first-order valence-corrected chi connectivity index (χ1v) is 8.30. The van der Waals surface area contributed by atoms with Crippen LogP contribution in [0.25, 0.3) is 0 Å². The van der Waals surface area contributed by atoms with E-state index < -0.39 is 6.04 Å². The van der Waals surface area contributed by atoms with E-state index in [9.17, 15) is 9.59 Å². The number of carbonyl (C=O) groups is 2. The summed E-state index contributed by atoms with van der Waals surface area (Å²) in [6, 6.07) is 9.18. The molecule has 0 bridgehead atoms. The SMILES string of the molecule is CCCC(NC(=O)Cc1ccccc1)C(=O)NCC1CCC1. The molecule has 2 amide bonds. The highest BCUT2D eigenvalue weighted by Gasteiger charge is 2.22. The molecule has 1 aromatic carbocycles. The Balaban J connectivity index is 1.81. The van der Waals surface area contributed by atoms with Gasteiger partial charge in [-0.05, 0) is 30.7 Å². The highest BCUT2D eigenvalue weighted by molar-refractivity contribution is 5.88. The quantitative estimate of drug-likeness (QED) is 0.775. The van der Waals surface area contributed by atoms with Gasteiger partial charge in [0.25, 0.3) is 0 Å². The summed E-state index contributed by atoms with van der Waals surface area (Å²) in [5, 5.41) is 5.86. The predicted molar refractivity (Wildman–Crippen MR) is 87.3 cm³/mol. The molecule has 1 unspecified atom stereocenters. The molecule has 1 saturated carbocycles. The minimum Gasteiger partial charge on any atom is -0.354 e. The molecule has 0 aromatic heterocycles. The van der Waals surface area contributed by atoms with E-state index in [0.29, 0.717) is 18.8 Å². The van der Waals surface area contributed by atoms with E-state index in [-0.39, 0.29) is 11.8 Å². The van der Waals surface area contributed by atoms with Gasteiger partial charge in [0, 0.05) is 6.54 Å². The second-order valence-electron chi connectivity index (χ2n) is 6.11. The van der Waals surface area contributed by atoms with E-state index in [2.05, 4.69) is 10.6 Å². The highest BCUT2D eigenvalue weighted by Crippen LogP contribution is 2.25. The van der Waals surface area contributed by atoms with Gasteiger partial charge in [0.1, 0.15) is 6.04 Å². The van der Waals surface area contributed by atoms with Gasteiger partial charge in [0.05, 0.1) is 6.42 Å². The van der Waals surface area contributed by atoms with Gasteiger partial charge in [-0.3, -0.25) is 9.59 Å². The molecule has 1 aliphatic rings. The topological polar surface area (TPSA) is 58.2 Å². The molecule has 1 aromatic rings. The summed E-state index contributed by atoms with van der Waals surface area (Å²) < 4.78 is 0. The Bertz CT molecular complexity index is 483. The molecule has 0 radical (unpaired) electrons. The zero-order chi connectivity index (χ0) is 15.8. The van der Waals surface area contributed by atoms with E-state index >= 15 is 0 Å². The van der Waals surface area contributed by atoms with Crippen molar-refractivity contribution in [2.45, 2.75) is 51.5 Å². The fraction of sp³-hybridized carbons (Fsp3) is 0.556. The number of hydrogen-bond acceptors (Lipinski definition) is 2. The number of hydrogen-bond donors (Lipinski definition) is 2. The van der Waals surface area contributed by atoms with Crippen LogP contribution >= 0.6 is 0 Å². The summed E-state index contributed by atoms with van der Waals surface area (Å²) >= 11 is 0. The van der Waals surface area contributed by atoms with Crippen LogP contribution in [0.1, 0.15) is 44.6 Å². The zero-order valence-corrected chi connectivity index (χ0v) is 13.3. The molecule has 120 valence electrons. The van der Waals surface area contributed by atoms with Gasteiger partial charge in [-0.2, -0.15) is 0 Å². The van der Waals surface area contributed by atoms with Crippen LogP contribution in [-0.4, -0.2) is 24.4 Å². The number of nitrogens with one attached hydrogen (secondary N) is 2. The summed E-state index contributed by atoms with van der Waals surface area (Å²) in [7, 11) is 0. The van der Waals surface area contributed by atoms with Crippen LogP contribution in [0.2, 0.25) is 0 Å². The van der Waals surface area contributed by atoms with E-state index in [4.69, 9.17) is 0 Å². The molecule has 0 saturated heterocycles. The predicted octanol–water partition coefficient (Wildman–Crippen LogP) is 2.43. The molecule has 1 atom stereocenters. The fourth-order valence-electron chi connectivity index (χ4n) is 2.65. The summed E-state index contributed by atoms with van der Waals surface area (Å²) in [4.78, 5) is 24.4. The van der Waals surface area contributed by atoms with E-state index in [1.165, 1.54) is 19.3 Å². The van der Waals surface area contributed by atoms with Crippen LogP contribution in [0.3, 0.4) is 0 Å². The Hall–Kier alpha value is -1.84. The van der Waals surface area contributed by atoms with Crippen LogP contribution in [0.15, 0.2) is 30.3 Å². The van der Waals surface area contributed by atoms with E-state index in [1.54, 1.807) is 0 Å².